The van der Waals surface area contributed by atoms with Crippen LogP contribution in [0.5, 0.6) is 0 Å². The van der Waals surface area contributed by atoms with Gasteiger partial charge in [0.25, 0.3) is 0 Å². The highest BCUT2D eigenvalue weighted by Crippen LogP contribution is 2.31. The molecule has 1 aliphatic rings. The van der Waals surface area contributed by atoms with Gasteiger partial charge in [-0.15, -0.1) is 11.8 Å². The van der Waals surface area contributed by atoms with Crippen molar-refractivity contribution in [2.75, 3.05) is 11.1 Å². The molecule has 0 bridgehead atoms. The van der Waals surface area contributed by atoms with Crippen LogP contribution in [0.2, 0.25) is 5.02 Å². The number of benzene rings is 2. The number of anilines is 1. The minimum Gasteiger partial charge on any atom is -0.294 e. The summed E-state index contributed by atoms with van der Waals surface area (Å²) in [4.78, 5) is 34.3. The van der Waals surface area contributed by atoms with E-state index in [9.17, 15) is 9.59 Å². The molecule has 0 spiro atoms. The average molecular weight is 424 g/mol. The highest BCUT2D eigenvalue weighted by molar-refractivity contribution is 8.00. The second kappa shape index (κ2) is 8.76. The normalized spacial score (nSPS) is 15.6. The quantitative estimate of drug-likeness (QED) is 0.598. The van der Waals surface area contributed by atoms with Crippen LogP contribution in [-0.4, -0.2) is 27.4 Å². The number of nitrogens with zero attached hydrogens (tertiary/aromatic N) is 2. The minimum absolute atomic E-state index is 0.0382. The molecule has 3 aromatic rings. The topological polar surface area (TPSA) is 72.0 Å². The number of halogens is 1. The van der Waals surface area contributed by atoms with Gasteiger partial charge >= 0.3 is 0 Å². The van der Waals surface area contributed by atoms with Crippen LogP contribution >= 0.6 is 23.4 Å². The Bertz CT molecular complexity index is 1040. The number of thioether (sulfide) groups is 1. The van der Waals surface area contributed by atoms with Crippen LogP contribution in [0.4, 0.5) is 5.95 Å². The second-order valence-electron chi connectivity index (χ2n) is 6.78. The van der Waals surface area contributed by atoms with E-state index in [0.29, 0.717) is 29.1 Å². The zero-order chi connectivity index (χ0) is 20.2. The molecule has 29 heavy (non-hydrogen) atoms. The van der Waals surface area contributed by atoms with Crippen LogP contribution in [0, 0.1) is 0 Å². The smallest absolute Gasteiger partial charge is 0.237 e. The number of rotatable bonds is 5. The number of Topliss-reactive ketones (excluding diaryl/α,β-unsaturated/α-hetero) is 1. The van der Waals surface area contributed by atoms with E-state index in [1.165, 1.54) is 18.0 Å². The standard InChI is InChI=1S/C22H18ClN3O2S/c23-16-6-8-17(9-7-16)29-13-21(28)26-22-24-12-18-19(25-22)10-15(11-20(18)27)14-4-2-1-3-5-14/h1-9,12,15H,10-11,13H2,(H,24,25,26,28)/t15-/m1/s1. The monoisotopic (exact) mass is 423 g/mol. The number of nitrogens with one attached hydrogen (secondary N) is 1. The predicted octanol–water partition coefficient (Wildman–Crippen LogP) is 4.77. The maximum Gasteiger partial charge on any atom is 0.237 e. The van der Waals surface area contributed by atoms with Crippen LogP contribution in [0.3, 0.4) is 0 Å². The van der Waals surface area contributed by atoms with Gasteiger partial charge in [0.2, 0.25) is 11.9 Å². The van der Waals surface area contributed by atoms with Crippen molar-refractivity contribution in [3.63, 3.8) is 0 Å². The van der Waals surface area contributed by atoms with Gasteiger partial charge in [0.1, 0.15) is 0 Å². The Hall–Kier alpha value is -2.70. The summed E-state index contributed by atoms with van der Waals surface area (Å²) in [5.41, 5.74) is 2.35. The van der Waals surface area contributed by atoms with Crippen molar-refractivity contribution in [1.82, 2.24) is 9.97 Å². The predicted molar refractivity (Wildman–Crippen MR) is 115 cm³/mol. The molecule has 5 nitrogen and oxygen atoms in total. The first-order valence-electron chi connectivity index (χ1n) is 9.21. The molecular formula is C22H18ClN3O2S. The van der Waals surface area contributed by atoms with Crippen molar-refractivity contribution in [3.05, 3.63) is 82.6 Å². The van der Waals surface area contributed by atoms with Crippen molar-refractivity contribution in [2.45, 2.75) is 23.7 Å². The fourth-order valence-electron chi connectivity index (χ4n) is 3.31. The maximum atomic E-state index is 12.5. The molecule has 7 heteroatoms. The molecule has 0 saturated carbocycles. The molecule has 4 rings (SSSR count). The average Bonchev–Trinajstić information content (AvgIpc) is 2.74. The van der Waals surface area contributed by atoms with Gasteiger partial charge in [-0.05, 0) is 42.2 Å². The Balaban J connectivity index is 1.43. The lowest BCUT2D eigenvalue weighted by molar-refractivity contribution is -0.113. The number of carbonyl (C=O) groups excluding carboxylic acids is 2. The van der Waals surface area contributed by atoms with Gasteiger partial charge in [-0.2, -0.15) is 0 Å². The molecule has 1 aromatic heterocycles. The molecule has 0 aliphatic heterocycles. The first kappa shape index (κ1) is 19.6. The van der Waals surface area contributed by atoms with Gasteiger partial charge in [-0.3, -0.25) is 14.9 Å². The Morgan fingerprint density at radius 3 is 2.62 bits per heavy atom. The number of fused-ring (bicyclic) bond motifs is 1. The molecule has 146 valence electrons. The van der Waals surface area contributed by atoms with E-state index in [1.54, 1.807) is 12.1 Å². The van der Waals surface area contributed by atoms with E-state index in [1.807, 2.05) is 42.5 Å². The molecule has 1 amide bonds. The summed E-state index contributed by atoms with van der Waals surface area (Å²) in [5.74, 6) is 0.387. The number of amides is 1. The van der Waals surface area contributed by atoms with Crippen LogP contribution in [0.25, 0.3) is 0 Å². The molecule has 0 unspecified atom stereocenters. The molecule has 1 aliphatic carbocycles. The van der Waals surface area contributed by atoms with Gasteiger partial charge in [-0.25, -0.2) is 9.97 Å². The lowest BCUT2D eigenvalue weighted by atomic mass is 9.82. The zero-order valence-electron chi connectivity index (χ0n) is 15.5. The third-order valence-electron chi connectivity index (χ3n) is 4.75. The fraction of sp³-hybridized carbons (Fsp3) is 0.182. The maximum absolute atomic E-state index is 12.5. The molecule has 0 fully saturated rings. The van der Waals surface area contributed by atoms with E-state index in [2.05, 4.69) is 15.3 Å². The van der Waals surface area contributed by atoms with E-state index < -0.39 is 0 Å². The SMILES string of the molecule is O=C(CSc1ccc(Cl)cc1)Nc1ncc2c(n1)C[C@@H](c1ccccc1)CC2=O. The van der Waals surface area contributed by atoms with Crippen molar-refractivity contribution >= 4 is 41.0 Å². The third-order valence-corrected chi connectivity index (χ3v) is 6.01. The van der Waals surface area contributed by atoms with Gasteiger partial charge in [0.15, 0.2) is 5.78 Å². The van der Waals surface area contributed by atoms with Crippen molar-refractivity contribution in [3.8, 4) is 0 Å². The Morgan fingerprint density at radius 2 is 1.86 bits per heavy atom. The number of hydrogen-bond donors (Lipinski definition) is 1. The third kappa shape index (κ3) is 4.83. The summed E-state index contributed by atoms with van der Waals surface area (Å²) < 4.78 is 0. The van der Waals surface area contributed by atoms with Crippen molar-refractivity contribution in [2.24, 2.45) is 0 Å². The van der Waals surface area contributed by atoms with Gasteiger partial charge < -0.3 is 0 Å². The molecule has 1 heterocycles. The second-order valence-corrected chi connectivity index (χ2v) is 8.27. The Morgan fingerprint density at radius 1 is 1.10 bits per heavy atom. The summed E-state index contributed by atoms with van der Waals surface area (Å²) in [6.07, 6.45) is 2.62. The van der Waals surface area contributed by atoms with Crippen molar-refractivity contribution in [1.29, 1.82) is 0 Å². The minimum atomic E-state index is -0.202. The van der Waals surface area contributed by atoms with Gasteiger partial charge in [-0.1, -0.05) is 41.9 Å². The van der Waals surface area contributed by atoms with Crippen LogP contribution in [0.15, 0.2) is 65.7 Å². The van der Waals surface area contributed by atoms with Gasteiger partial charge in [0.05, 0.1) is 17.0 Å². The first-order valence-corrected chi connectivity index (χ1v) is 10.6. The number of carbonyl (C=O) groups is 2. The van der Waals surface area contributed by atoms with E-state index in [4.69, 9.17) is 11.6 Å². The largest absolute Gasteiger partial charge is 0.294 e. The zero-order valence-corrected chi connectivity index (χ0v) is 17.0. The highest BCUT2D eigenvalue weighted by Gasteiger charge is 2.28. The number of ketones is 1. The lowest BCUT2D eigenvalue weighted by Gasteiger charge is -2.23. The Labute approximate surface area is 177 Å². The van der Waals surface area contributed by atoms with Crippen LogP contribution in [0.1, 0.15) is 34.0 Å². The van der Waals surface area contributed by atoms with Crippen LogP contribution in [-0.2, 0) is 11.2 Å². The summed E-state index contributed by atoms with van der Waals surface area (Å²) in [5, 5.41) is 3.38. The van der Waals surface area contributed by atoms with Crippen molar-refractivity contribution < 1.29 is 9.59 Å². The molecule has 0 radical (unpaired) electrons. The van der Waals surface area contributed by atoms with E-state index in [-0.39, 0.29) is 29.3 Å². The molecule has 1 N–H and O–H groups in total. The summed E-state index contributed by atoms with van der Waals surface area (Å²) >= 11 is 7.27. The van der Waals surface area contributed by atoms with E-state index in [0.717, 1.165) is 10.5 Å². The lowest BCUT2D eigenvalue weighted by Crippen LogP contribution is -2.23. The molecule has 2 aromatic carbocycles. The first-order chi connectivity index (χ1) is 14.1. The van der Waals surface area contributed by atoms with Gasteiger partial charge in [0, 0.05) is 22.5 Å². The molecular weight excluding hydrogens is 406 g/mol. The molecule has 1 atom stereocenters. The summed E-state index contributed by atoms with van der Waals surface area (Å²) in [6, 6.07) is 17.3. The number of hydrogen-bond acceptors (Lipinski definition) is 5. The summed E-state index contributed by atoms with van der Waals surface area (Å²) in [7, 11) is 0. The van der Waals surface area contributed by atoms with Crippen LogP contribution < -0.4 is 5.32 Å². The van der Waals surface area contributed by atoms with E-state index >= 15 is 0 Å². The summed E-state index contributed by atoms with van der Waals surface area (Å²) in [6.45, 7) is 0. The molecule has 0 saturated heterocycles. The fourth-order valence-corrected chi connectivity index (χ4v) is 4.13. The highest BCUT2D eigenvalue weighted by atomic mass is 35.5. The number of aromatic nitrogens is 2. The Kier molecular flexibility index (Phi) is 5.92.